The van der Waals surface area contributed by atoms with Crippen LogP contribution in [0.2, 0.25) is 10.0 Å². The van der Waals surface area contributed by atoms with Crippen LogP contribution in [0.4, 0.5) is 11.4 Å². The topological polar surface area (TPSA) is 94.7 Å². The summed E-state index contributed by atoms with van der Waals surface area (Å²) in [7, 11) is 0. The molecule has 2 aromatic heterocycles. The monoisotopic (exact) mass is 666 g/mol. The van der Waals surface area contributed by atoms with Crippen LogP contribution in [0.3, 0.4) is 0 Å². The maximum Gasteiger partial charge on any atom is 0.109 e. The molecule has 0 aliphatic carbocycles. The second-order valence-electron chi connectivity index (χ2n) is 13.2. The smallest absolute Gasteiger partial charge is 0.109 e. The quantitative estimate of drug-likeness (QED) is 0.144. The summed E-state index contributed by atoms with van der Waals surface area (Å²) in [5.41, 5.74) is 5.84. The molecule has 1 saturated heterocycles. The van der Waals surface area contributed by atoms with Gasteiger partial charge in [0.05, 0.1) is 40.1 Å². The van der Waals surface area contributed by atoms with Gasteiger partial charge in [-0.2, -0.15) is 5.26 Å². The third-order valence-corrected chi connectivity index (χ3v) is 9.50. The molecule has 0 bridgehead atoms. The van der Waals surface area contributed by atoms with Gasteiger partial charge in [0.2, 0.25) is 0 Å². The fraction of sp³-hybridized carbons (Fsp3) is 0.351. The average Bonchev–Trinajstić information content (AvgIpc) is 3.56. The van der Waals surface area contributed by atoms with Crippen LogP contribution in [0.15, 0.2) is 79.1 Å². The lowest BCUT2D eigenvalue weighted by molar-refractivity contribution is 0.0866. The molecule has 242 valence electrons. The highest BCUT2D eigenvalue weighted by molar-refractivity contribution is 6.36. The first-order chi connectivity index (χ1) is 22.7. The number of pyridine rings is 1. The SMILES string of the molecule is CC(C)(C)N1CCC(n2cc([C@@H](Nc3cc(Cl)c4ncc(C#N)c(NCCCc5ccccc5)c4c3)c3ccc(Cl)cc3)nn2)CC1. The number of aromatic nitrogens is 4. The number of fused-ring (bicyclic) bond motifs is 1. The maximum atomic E-state index is 9.97. The van der Waals surface area contributed by atoms with E-state index in [0.717, 1.165) is 66.8 Å². The number of nitrogens with one attached hydrogen (secondary N) is 2. The predicted molar refractivity (Wildman–Crippen MR) is 191 cm³/mol. The Morgan fingerprint density at radius 2 is 1.77 bits per heavy atom. The van der Waals surface area contributed by atoms with E-state index in [2.05, 4.69) is 88.1 Å². The van der Waals surface area contributed by atoms with Crippen molar-refractivity contribution >= 4 is 45.5 Å². The third kappa shape index (κ3) is 7.70. The Hall–Kier alpha value is -4.16. The zero-order valence-electron chi connectivity index (χ0n) is 27.0. The molecule has 1 aliphatic rings. The van der Waals surface area contributed by atoms with Gasteiger partial charge in [0.1, 0.15) is 11.8 Å². The van der Waals surface area contributed by atoms with Crippen LogP contribution in [0.5, 0.6) is 0 Å². The van der Waals surface area contributed by atoms with Crippen molar-refractivity contribution in [2.24, 2.45) is 0 Å². The first-order valence-corrected chi connectivity index (χ1v) is 16.9. The Kier molecular flexibility index (Phi) is 9.97. The van der Waals surface area contributed by atoms with Crippen molar-refractivity contribution in [3.63, 3.8) is 0 Å². The average molecular weight is 668 g/mol. The molecule has 6 rings (SSSR count). The number of nitriles is 1. The Morgan fingerprint density at radius 1 is 1.02 bits per heavy atom. The van der Waals surface area contributed by atoms with Gasteiger partial charge in [-0.1, -0.05) is 70.9 Å². The van der Waals surface area contributed by atoms with Gasteiger partial charge < -0.3 is 10.6 Å². The molecule has 1 aliphatic heterocycles. The van der Waals surface area contributed by atoms with E-state index in [0.29, 0.717) is 33.7 Å². The maximum absolute atomic E-state index is 9.97. The fourth-order valence-electron chi connectivity index (χ4n) is 6.32. The van der Waals surface area contributed by atoms with E-state index in [1.807, 2.05) is 47.1 Å². The highest BCUT2D eigenvalue weighted by atomic mass is 35.5. The summed E-state index contributed by atoms with van der Waals surface area (Å²) in [6, 6.07) is 24.3. The summed E-state index contributed by atoms with van der Waals surface area (Å²) in [5, 5.41) is 28.4. The van der Waals surface area contributed by atoms with Gasteiger partial charge in [-0.15, -0.1) is 5.10 Å². The number of nitrogens with zero attached hydrogens (tertiary/aromatic N) is 6. The number of halogens is 2. The van der Waals surface area contributed by atoms with E-state index in [9.17, 15) is 5.26 Å². The van der Waals surface area contributed by atoms with Gasteiger partial charge in [0.25, 0.3) is 0 Å². The largest absolute Gasteiger partial charge is 0.383 e. The lowest BCUT2D eigenvalue weighted by atomic mass is 9.98. The van der Waals surface area contributed by atoms with Crippen molar-refractivity contribution in [2.75, 3.05) is 30.3 Å². The molecule has 47 heavy (non-hydrogen) atoms. The van der Waals surface area contributed by atoms with E-state index in [4.69, 9.17) is 23.2 Å². The molecule has 0 radical (unpaired) electrons. The lowest BCUT2D eigenvalue weighted by Gasteiger charge is -2.40. The molecule has 3 heterocycles. The van der Waals surface area contributed by atoms with E-state index in [1.54, 1.807) is 6.20 Å². The first-order valence-electron chi connectivity index (χ1n) is 16.2. The minimum absolute atomic E-state index is 0.157. The number of rotatable bonds is 10. The van der Waals surface area contributed by atoms with Crippen LogP contribution in [0.25, 0.3) is 10.9 Å². The van der Waals surface area contributed by atoms with Gasteiger partial charge in [0.15, 0.2) is 0 Å². The minimum Gasteiger partial charge on any atom is -0.383 e. The molecule has 0 saturated carbocycles. The highest BCUT2D eigenvalue weighted by Crippen LogP contribution is 2.36. The number of hydrogen-bond donors (Lipinski definition) is 2. The molecular weight excluding hydrogens is 627 g/mol. The van der Waals surface area contributed by atoms with Crippen molar-refractivity contribution in [3.05, 3.63) is 112 Å². The van der Waals surface area contributed by atoms with Crippen molar-refractivity contribution in [3.8, 4) is 6.07 Å². The normalized spacial score (nSPS) is 15.0. The molecule has 0 amide bonds. The van der Waals surface area contributed by atoms with Crippen LogP contribution in [0, 0.1) is 11.3 Å². The van der Waals surface area contributed by atoms with Gasteiger partial charge in [0, 0.05) is 47.5 Å². The number of hydrogen-bond acceptors (Lipinski definition) is 7. The second-order valence-corrected chi connectivity index (χ2v) is 14.0. The number of aryl methyl sites for hydroxylation is 1. The Balaban J connectivity index is 1.28. The molecule has 1 atom stereocenters. The van der Waals surface area contributed by atoms with Gasteiger partial charge >= 0.3 is 0 Å². The second kappa shape index (κ2) is 14.3. The molecule has 0 unspecified atom stereocenters. The number of piperidine rings is 1. The summed E-state index contributed by atoms with van der Waals surface area (Å²) in [6.07, 6.45) is 7.53. The molecule has 1 fully saturated rings. The summed E-state index contributed by atoms with van der Waals surface area (Å²) >= 11 is 13.1. The predicted octanol–water partition coefficient (Wildman–Crippen LogP) is 8.69. The van der Waals surface area contributed by atoms with Crippen LogP contribution < -0.4 is 10.6 Å². The van der Waals surface area contributed by atoms with Crippen LogP contribution in [0.1, 0.15) is 74.5 Å². The Labute approximate surface area is 286 Å². The van der Waals surface area contributed by atoms with Crippen molar-refractivity contribution in [1.82, 2.24) is 24.9 Å². The molecular formula is C37H40Cl2N8. The van der Waals surface area contributed by atoms with E-state index >= 15 is 0 Å². The van der Waals surface area contributed by atoms with Crippen LogP contribution >= 0.6 is 23.2 Å². The number of likely N-dealkylation sites (tertiary alicyclic amines) is 1. The Bertz CT molecular complexity index is 1850. The third-order valence-electron chi connectivity index (χ3n) is 8.96. The minimum atomic E-state index is -0.321. The summed E-state index contributed by atoms with van der Waals surface area (Å²) < 4.78 is 2.02. The summed E-state index contributed by atoms with van der Waals surface area (Å²) in [6.45, 7) is 9.56. The molecule has 0 spiro atoms. The zero-order chi connectivity index (χ0) is 33.0. The number of benzene rings is 3. The standard InChI is InChI=1S/C37H40Cl2N8/c1-37(2,3)46-18-15-30(16-19-46)47-24-33(44-45-47)35(26-11-13-28(38)14-12-26)43-29-20-31-34(27(22-40)23-42-36(31)32(39)21-29)41-17-7-10-25-8-5-4-6-9-25/h4-6,8-9,11-14,20-21,23-24,30,35,43H,7,10,15-19H2,1-3H3,(H,41,42)/t35-/m0/s1. The fourth-order valence-corrected chi connectivity index (χ4v) is 6.72. The number of anilines is 2. The lowest BCUT2D eigenvalue weighted by Crippen LogP contribution is -2.46. The Morgan fingerprint density at radius 3 is 2.47 bits per heavy atom. The van der Waals surface area contributed by atoms with Crippen LogP contribution in [-0.4, -0.2) is 50.1 Å². The van der Waals surface area contributed by atoms with Crippen molar-refractivity contribution in [1.29, 1.82) is 5.26 Å². The molecule has 10 heteroatoms. The van der Waals surface area contributed by atoms with Gasteiger partial charge in [-0.05, 0) is 81.8 Å². The van der Waals surface area contributed by atoms with E-state index < -0.39 is 0 Å². The molecule has 2 N–H and O–H groups in total. The summed E-state index contributed by atoms with van der Waals surface area (Å²) in [4.78, 5) is 7.07. The van der Waals surface area contributed by atoms with Crippen molar-refractivity contribution in [2.45, 2.75) is 64.1 Å². The van der Waals surface area contributed by atoms with E-state index in [-0.39, 0.29) is 11.6 Å². The van der Waals surface area contributed by atoms with E-state index in [1.165, 1.54) is 5.56 Å². The highest BCUT2D eigenvalue weighted by Gasteiger charge is 2.29. The molecule has 5 aromatic rings. The van der Waals surface area contributed by atoms with Crippen molar-refractivity contribution < 1.29 is 0 Å². The van der Waals surface area contributed by atoms with Gasteiger partial charge in [-0.3, -0.25) is 9.88 Å². The first kappa shape index (κ1) is 32.8. The van der Waals surface area contributed by atoms with Crippen LogP contribution in [-0.2, 0) is 6.42 Å². The molecule has 8 nitrogen and oxygen atoms in total. The summed E-state index contributed by atoms with van der Waals surface area (Å²) in [5.74, 6) is 0. The molecule has 3 aromatic carbocycles. The van der Waals surface area contributed by atoms with Gasteiger partial charge in [-0.25, -0.2) is 4.68 Å². The zero-order valence-corrected chi connectivity index (χ0v) is 28.6.